The molecule has 6 nitrogen and oxygen atoms in total. The van der Waals surface area contributed by atoms with E-state index in [-0.39, 0.29) is 30.3 Å². The molecule has 208 valence electrons. The summed E-state index contributed by atoms with van der Waals surface area (Å²) in [5.41, 5.74) is -1.52. The van der Waals surface area contributed by atoms with E-state index in [1.54, 1.807) is 27.8 Å². The van der Waals surface area contributed by atoms with Gasteiger partial charge < -0.3 is 10.1 Å². The Morgan fingerprint density at radius 2 is 1.84 bits per heavy atom. The molecule has 2 aliphatic rings. The predicted molar refractivity (Wildman–Crippen MR) is 132 cm³/mol. The van der Waals surface area contributed by atoms with Gasteiger partial charge in [0.1, 0.15) is 17.5 Å². The highest BCUT2D eigenvalue weighted by Gasteiger charge is 2.44. The van der Waals surface area contributed by atoms with Gasteiger partial charge >= 0.3 is 12.3 Å². The number of carbonyl (C=O) groups is 2. The second-order valence-corrected chi connectivity index (χ2v) is 11.9. The normalized spacial score (nSPS) is 23.2. The van der Waals surface area contributed by atoms with Gasteiger partial charge in [0.2, 0.25) is 5.91 Å². The van der Waals surface area contributed by atoms with Gasteiger partial charge in [0.25, 0.3) is 0 Å². The summed E-state index contributed by atoms with van der Waals surface area (Å²) in [6.07, 6.45) is -3.09. The molecule has 1 N–H and O–H groups in total. The number of ether oxygens (including phenoxy) is 1. The number of nitrogens with one attached hydrogen (secondary N) is 1. The lowest BCUT2D eigenvalue weighted by molar-refractivity contribution is -0.140. The molecule has 0 bridgehead atoms. The molecule has 1 saturated carbocycles. The van der Waals surface area contributed by atoms with Gasteiger partial charge in [-0.05, 0) is 75.5 Å². The van der Waals surface area contributed by atoms with Crippen LogP contribution in [0.15, 0.2) is 18.2 Å². The third kappa shape index (κ3) is 7.58. The third-order valence-corrected chi connectivity index (χ3v) is 7.15. The zero-order chi connectivity index (χ0) is 27.7. The van der Waals surface area contributed by atoms with Gasteiger partial charge in [0.05, 0.1) is 5.56 Å². The van der Waals surface area contributed by atoms with Crippen LogP contribution >= 0.6 is 0 Å². The van der Waals surface area contributed by atoms with Gasteiger partial charge in [-0.2, -0.15) is 13.2 Å². The zero-order valence-electron chi connectivity index (χ0n) is 22.5. The molecule has 37 heavy (non-hydrogen) atoms. The minimum atomic E-state index is -4.74. The van der Waals surface area contributed by atoms with Crippen LogP contribution in [0.2, 0.25) is 0 Å². The van der Waals surface area contributed by atoms with Crippen LogP contribution in [-0.2, 0) is 22.3 Å². The Labute approximate surface area is 216 Å². The molecule has 4 atom stereocenters. The number of rotatable bonds is 7. The van der Waals surface area contributed by atoms with Crippen LogP contribution in [0.4, 0.5) is 22.4 Å². The number of fused-ring (bicyclic) bond motifs is 1. The number of halogens is 4. The van der Waals surface area contributed by atoms with Crippen LogP contribution in [0.5, 0.6) is 0 Å². The van der Waals surface area contributed by atoms with Crippen molar-refractivity contribution in [1.29, 1.82) is 0 Å². The number of likely N-dealkylation sites (N-methyl/N-ethyl adjacent to an activating group) is 1. The Bertz CT molecular complexity index is 977. The summed E-state index contributed by atoms with van der Waals surface area (Å²) in [6.45, 7) is 10.9. The molecule has 0 radical (unpaired) electrons. The van der Waals surface area contributed by atoms with Crippen molar-refractivity contribution in [1.82, 2.24) is 15.1 Å². The van der Waals surface area contributed by atoms with E-state index in [0.717, 1.165) is 25.0 Å². The molecular formula is C27H39F4N3O3. The highest BCUT2D eigenvalue weighted by molar-refractivity contribution is 5.86. The van der Waals surface area contributed by atoms with Crippen LogP contribution in [0.1, 0.15) is 65.0 Å². The average molecular weight is 530 g/mol. The maximum Gasteiger partial charge on any atom is 0.419 e. The molecule has 1 aromatic carbocycles. The number of alkyl halides is 3. The van der Waals surface area contributed by atoms with Crippen LogP contribution in [-0.4, -0.2) is 59.6 Å². The average Bonchev–Trinajstić information content (AvgIpc) is 3.31. The Balaban J connectivity index is 1.64. The minimum absolute atomic E-state index is 0.0804. The fraction of sp³-hybridized carbons (Fsp3) is 0.704. The van der Waals surface area contributed by atoms with Crippen molar-refractivity contribution in [3.05, 3.63) is 35.1 Å². The molecule has 1 saturated heterocycles. The first kappa shape index (κ1) is 29.2. The number of amides is 2. The fourth-order valence-corrected chi connectivity index (χ4v) is 5.44. The Hall–Kier alpha value is -2.36. The highest BCUT2D eigenvalue weighted by Crippen LogP contribution is 2.39. The van der Waals surface area contributed by atoms with Crippen molar-refractivity contribution in [2.75, 3.05) is 20.1 Å². The van der Waals surface area contributed by atoms with Gasteiger partial charge in [-0.1, -0.05) is 19.9 Å². The van der Waals surface area contributed by atoms with Crippen molar-refractivity contribution >= 4 is 12.0 Å². The number of hydrogen-bond acceptors (Lipinski definition) is 4. The van der Waals surface area contributed by atoms with Gasteiger partial charge in [-0.15, -0.1) is 0 Å². The van der Waals surface area contributed by atoms with Gasteiger partial charge in [0, 0.05) is 32.7 Å². The molecule has 2 amide bonds. The Morgan fingerprint density at radius 1 is 1.16 bits per heavy atom. The third-order valence-electron chi connectivity index (χ3n) is 7.15. The summed E-state index contributed by atoms with van der Waals surface area (Å²) in [6, 6.07) is 2.38. The smallest absolute Gasteiger partial charge is 0.419 e. The van der Waals surface area contributed by atoms with E-state index in [2.05, 4.69) is 10.2 Å². The number of nitrogens with zero attached hydrogens (tertiary/aromatic N) is 2. The van der Waals surface area contributed by atoms with E-state index in [1.807, 2.05) is 13.8 Å². The highest BCUT2D eigenvalue weighted by atomic mass is 19.4. The number of likely N-dealkylation sites (tertiary alicyclic amines) is 1. The maximum atomic E-state index is 13.7. The second kappa shape index (κ2) is 11.2. The summed E-state index contributed by atoms with van der Waals surface area (Å²) in [4.78, 5) is 29.4. The van der Waals surface area contributed by atoms with Crippen molar-refractivity contribution < 1.29 is 31.9 Å². The minimum Gasteiger partial charge on any atom is -0.444 e. The molecule has 0 spiro atoms. The Morgan fingerprint density at radius 3 is 2.43 bits per heavy atom. The lowest BCUT2D eigenvalue weighted by Crippen LogP contribution is -2.52. The lowest BCUT2D eigenvalue weighted by atomic mass is 9.96. The molecule has 2 fully saturated rings. The first-order valence-electron chi connectivity index (χ1n) is 12.9. The van der Waals surface area contributed by atoms with Crippen LogP contribution in [0.3, 0.4) is 0 Å². The van der Waals surface area contributed by atoms with E-state index >= 15 is 0 Å². The van der Waals surface area contributed by atoms with E-state index < -0.39 is 35.3 Å². The lowest BCUT2D eigenvalue weighted by Gasteiger charge is -2.32. The summed E-state index contributed by atoms with van der Waals surface area (Å²) >= 11 is 0. The largest absolute Gasteiger partial charge is 0.444 e. The van der Waals surface area contributed by atoms with Gasteiger partial charge in [-0.3, -0.25) is 14.6 Å². The number of carbonyl (C=O) groups excluding carboxylic acids is 2. The first-order chi connectivity index (χ1) is 17.0. The van der Waals surface area contributed by atoms with Crippen LogP contribution in [0, 0.1) is 23.6 Å². The van der Waals surface area contributed by atoms with E-state index in [1.165, 1.54) is 11.0 Å². The number of benzene rings is 1. The first-order valence-corrected chi connectivity index (χ1v) is 12.9. The van der Waals surface area contributed by atoms with Crippen molar-refractivity contribution in [3.8, 4) is 0 Å². The number of hydrogen-bond donors (Lipinski definition) is 1. The van der Waals surface area contributed by atoms with Crippen molar-refractivity contribution in [2.45, 2.75) is 84.3 Å². The monoisotopic (exact) mass is 529 g/mol. The topological polar surface area (TPSA) is 61.9 Å². The zero-order valence-corrected chi connectivity index (χ0v) is 22.5. The van der Waals surface area contributed by atoms with Gasteiger partial charge in [0.15, 0.2) is 0 Å². The predicted octanol–water partition coefficient (Wildman–Crippen LogP) is 5.45. The van der Waals surface area contributed by atoms with E-state index in [0.29, 0.717) is 31.0 Å². The second-order valence-electron chi connectivity index (χ2n) is 11.9. The molecule has 10 heteroatoms. The summed E-state index contributed by atoms with van der Waals surface area (Å²) in [5.74, 6) is -0.835. The molecule has 1 aromatic rings. The molecule has 1 heterocycles. The van der Waals surface area contributed by atoms with Crippen LogP contribution in [0.25, 0.3) is 0 Å². The summed E-state index contributed by atoms with van der Waals surface area (Å²) < 4.78 is 58.5. The molecule has 0 unspecified atom stereocenters. The molecule has 1 aliphatic carbocycles. The maximum absolute atomic E-state index is 13.7. The van der Waals surface area contributed by atoms with Crippen molar-refractivity contribution in [2.24, 2.45) is 17.8 Å². The van der Waals surface area contributed by atoms with Crippen LogP contribution < -0.4 is 5.32 Å². The molecule has 3 rings (SSSR count). The van der Waals surface area contributed by atoms with Crippen molar-refractivity contribution in [3.63, 3.8) is 0 Å². The molecule has 0 aromatic heterocycles. The Kier molecular flexibility index (Phi) is 8.82. The molecule has 1 aliphatic heterocycles. The standard InChI is InChI=1S/C27H39F4N3O3/c1-16(2)11-23(33(6)25(36)37-26(3,4)5)24(35)32-22-10-8-18-14-34(15-19(18)22)13-17-7-9-21(28)20(12-17)27(29,30)31/h7,9,12,16,18-19,22-23H,8,10-11,13-15H2,1-6H3,(H,32,35)/t18-,19+,22+,23-/m0/s1. The SMILES string of the molecule is CC(C)C[C@@H](C(=O)N[C@@H]1CC[C@H]2CN(Cc3ccc(F)c(C(F)(F)F)c3)C[C@H]21)N(C)C(=O)OC(C)(C)C. The quantitative estimate of drug-likeness (QED) is 0.477. The summed E-state index contributed by atoms with van der Waals surface area (Å²) in [7, 11) is 1.58. The van der Waals surface area contributed by atoms with E-state index in [4.69, 9.17) is 4.74 Å². The summed E-state index contributed by atoms with van der Waals surface area (Å²) in [5, 5.41) is 3.16. The van der Waals surface area contributed by atoms with E-state index in [9.17, 15) is 27.2 Å². The van der Waals surface area contributed by atoms with Gasteiger partial charge in [-0.25, -0.2) is 9.18 Å². The fourth-order valence-electron chi connectivity index (χ4n) is 5.44. The molecular weight excluding hydrogens is 490 g/mol.